The Morgan fingerprint density at radius 1 is 1.56 bits per heavy atom. The molecule has 0 aliphatic heterocycles. The molecule has 4 N–H and O–H groups in total. The summed E-state index contributed by atoms with van der Waals surface area (Å²) >= 11 is 0. The van der Waals surface area contributed by atoms with Gasteiger partial charge in [-0.05, 0) is 6.07 Å². The molecule has 0 aliphatic carbocycles. The molecule has 0 amide bonds. The number of nitro benzene ring substituents is 1. The lowest BCUT2D eigenvalue weighted by Gasteiger charge is -2.08. The van der Waals surface area contributed by atoms with Gasteiger partial charge in [-0.1, -0.05) is 6.07 Å². The summed E-state index contributed by atoms with van der Waals surface area (Å²) in [5, 5.41) is 22.3. The number of carbonyl (C=O) groups is 1. The summed E-state index contributed by atoms with van der Waals surface area (Å²) in [6, 6.07) is 4.03. The van der Waals surface area contributed by atoms with Gasteiger partial charge in [-0.3, -0.25) is 10.1 Å². The number of rotatable bonds is 5. The minimum atomic E-state index is -1.34. The van der Waals surface area contributed by atoms with E-state index in [1.165, 1.54) is 12.1 Å². The topological polar surface area (TPSA) is 118 Å². The number of aromatic carboxylic acids is 1. The van der Waals surface area contributed by atoms with Crippen LogP contribution in [0.5, 0.6) is 0 Å². The summed E-state index contributed by atoms with van der Waals surface area (Å²) in [5.74, 6) is -1.34. The fourth-order valence-corrected chi connectivity index (χ4v) is 1.27. The second kappa shape index (κ2) is 5.08. The number of carboxylic acid groups (broad SMARTS) is 1. The first-order valence-corrected chi connectivity index (χ1v) is 4.52. The molecule has 0 aromatic heterocycles. The van der Waals surface area contributed by atoms with Crippen LogP contribution in [0.15, 0.2) is 18.2 Å². The first kappa shape index (κ1) is 11.9. The van der Waals surface area contributed by atoms with Gasteiger partial charge < -0.3 is 16.2 Å². The Bertz CT molecular complexity index is 419. The maximum Gasteiger partial charge on any atom is 0.344 e. The first-order chi connectivity index (χ1) is 7.57. The molecule has 1 aromatic rings. The quantitative estimate of drug-likeness (QED) is 0.500. The molecule has 0 radical (unpaired) electrons. The van der Waals surface area contributed by atoms with Crippen LogP contribution in [0.1, 0.15) is 10.4 Å². The minimum Gasteiger partial charge on any atom is -0.477 e. The van der Waals surface area contributed by atoms with E-state index < -0.39 is 16.6 Å². The molecule has 7 heteroatoms. The van der Waals surface area contributed by atoms with E-state index in [0.29, 0.717) is 13.1 Å². The third-order valence-electron chi connectivity index (χ3n) is 1.91. The number of nitro groups is 1. The molecule has 7 nitrogen and oxygen atoms in total. The lowest BCUT2D eigenvalue weighted by atomic mass is 10.1. The smallest absolute Gasteiger partial charge is 0.344 e. The van der Waals surface area contributed by atoms with Gasteiger partial charge in [-0.15, -0.1) is 0 Å². The van der Waals surface area contributed by atoms with Gasteiger partial charge in [0.2, 0.25) is 0 Å². The normalized spacial score (nSPS) is 9.81. The van der Waals surface area contributed by atoms with Crippen LogP contribution < -0.4 is 11.1 Å². The van der Waals surface area contributed by atoms with E-state index in [2.05, 4.69) is 5.32 Å². The molecule has 1 rings (SSSR count). The largest absolute Gasteiger partial charge is 0.477 e. The fraction of sp³-hybridized carbons (Fsp3) is 0.222. The molecule has 86 valence electrons. The summed E-state index contributed by atoms with van der Waals surface area (Å²) in [6.45, 7) is 0.656. The molecule has 0 heterocycles. The summed E-state index contributed by atoms with van der Waals surface area (Å²) in [6.07, 6.45) is 0. The number of hydrogen-bond donors (Lipinski definition) is 3. The van der Waals surface area contributed by atoms with Crippen molar-refractivity contribution >= 4 is 17.3 Å². The van der Waals surface area contributed by atoms with Gasteiger partial charge in [0.15, 0.2) is 5.56 Å². The molecule has 0 atom stereocenters. The highest BCUT2D eigenvalue weighted by Crippen LogP contribution is 2.25. The van der Waals surface area contributed by atoms with Crippen LogP contribution in [0.25, 0.3) is 0 Å². The maximum atomic E-state index is 10.9. The highest BCUT2D eigenvalue weighted by atomic mass is 16.6. The predicted molar refractivity (Wildman–Crippen MR) is 57.6 cm³/mol. The molecular formula is C9H11N3O4. The fourth-order valence-electron chi connectivity index (χ4n) is 1.27. The Morgan fingerprint density at radius 3 is 2.75 bits per heavy atom. The van der Waals surface area contributed by atoms with E-state index in [4.69, 9.17) is 10.8 Å². The molecular weight excluding hydrogens is 214 g/mol. The average molecular weight is 225 g/mol. The summed E-state index contributed by atoms with van der Waals surface area (Å²) < 4.78 is 0. The first-order valence-electron chi connectivity index (χ1n) is 4.52. The third kappa shape index (κ3) is 2.45. The Balaban J connectivity index is 3.21. The van der Waals surface area contributed by atoms with Crippen LogP contribution in [0.3, 0.4) is 0 Å². The Kier molecular flexibility index (Phi) is 3.78. The second-order valence-electron chi connectivity index (χ2n) is 2.98. The van der Waals surface area contributed by atoms with E-state index in [0.717, 1.165) is 6.07 Å². The second-order valence-corrected chi connectivity index (χ2v) is 2.98. The van der Waals surface area contributed by atoms with E-state index in [1.807, 2.05) is 0 Å². The monoisotopic (exact) mass is 225 g/mol. The van der Waals surface area contributed by atoms with Gasteiger partial charge in [0.05, 0.1) is 10.6 Å². The number of carboxylic acids is 1. The Morgan fingerprint density at radius 2 is 2.25 bits per heavy atom. The standard InChI is InChI=1S/C9H11N3O4/c10-4-5-11-6-2-1-3-7(12(15)16)8(6)9(13)14/h1-3,11H,4-5,10H2,(H,13,14). The molecule has 0 aliphatic rings. The lowest BCUT2D eigenvalue weighted by molar-refractivity contribution is -0.385. The van der Waals surface area contributed by atoms with E-state index in [9.17, 15) is 14.9 Å². The lowest BCUT2D eigenvalue weighted by Crippen LogP contribution is -2.16. The number of nitrogens with zero attached hydrogens (tertiary/aromatic N) is 1. The summed E-state index contributed by atoms with van der Waals surface area (Å²) in [7, 11) is 0. The van der Waals surface area contributed by atoms with Gasteiger partial charge in [-0.2, -0.15) is 0 Å². The zero-order valence-corrected chi connectivity index (χ0v) is 8.34. The molecule has 0 unspecified atom stereocenters. The highest BCUT2D eigenvalue weighted by molar-refractivity contribution is 5.98. The van der Waals surface area contributed by atoms with Crippen LogP contribution in [0, 0.1) is 10.1 Å². The van der Waals surface area contributed by atoms with E-state index in [1.54, 1.807) is 0 Å². The van der Waals surface area contributed by atoms with E-state index >= 15 is 0 Å². The van der Waals surface area contributed by atoms with Crippen molar-refractivity contribution in [1.82, 2.24) is 0 Å². The molecule has 0 fully saturated rings. The number of anilines is 1. The molecule has 0 saturated heterocycles. The van der Waals surface area contributed by atoms with Gasteiger partial charge in [0.25, 0.3) is 5.69 Å². The summed E-state index contributed by atoms with van der Waals surface area (Å²) in [5.41, 5.74) is 4.68. The Hall–Kier alpha value is -2.15. The number of benzene rings is 1. The zero-order chi connectivity index (χ0) is 12.1. The van der Waals surface area contributed by atoms with Gasteiger partial charge >= 0.3 is 5.97 Å². The van der Waals surface area contributed by atoms with Crippen molar-refractivity contribution in [3.8, 4) is 0 Å². The van der Waals surface area contributed by atoms with Crippen molar-refractivity contribution in [3.05, 3.63) is 33.9 Å². The minimum absolute atomic E-state index is 0.201. The van der Waals surface area contributed by atoms with Crippen molar-refractivity contribution in [2.45, 2.75) is 0 Å². The van der Waals surface area contributed by atoms with Crippen LogP contribution in [0.2, 0.25) is 0 Å². The molecule has 0 spiro atoms. The van der Waals surface area contributed by atoms with Crippen molar-refractivity contribution in [2.24, 2.45) is 5.73 Å². The van der Waals surface area contributed by atoms with Crippen molar-refractivity contribution < 1.29 is 14.8 Å². The number of hydrogen-bond acceptors (Lipinski definition) is 5. The third-order valence-corrected chi connectivity index (χ3v) is 1.91. The van der Waals surface area contributed by atoms with Crippen molar-refractivity contribution in [3.63, 3.8) is 0 Å². The molecule has 16 heavy (non-hydrogen) atoms. The van der Waals surface area contributed by atoms with Gasteiger partial charge in [0, 0.05) is 19.2 Å². The average Bonchev–Trinajstić information content (AvgIpc) is 2.25. The molecule has 1 aromatic carbocycles. The molecule has 0 bridgehead atoms. The van der Waals surface area contributed by atoms with Crippen LogP contribution in [-0.2, 0) is 0 Å². The van der Waals surface area contributed by atoms with Crippen LogP contribution in [0.4, 0.5) is 11.4 Å². The number of nitrogens with two attached hydrogens (primary N) is 1. The SMILES string of the molecule is NCCNc1cccc([N+](=O)[O-])c1C(=O)O. The number of nitrogens with one attached hydrogen (secondary N) is 1. The van der Waals surface area contributed by atoms with E-state index in [-0.39, 0.29) is 11.3 Å². The van der Waals surface area contributed by atoms with Crippen LogP contribution >= 0.6 is 0 Å². The van der Waals surface area contributed by atoms with Crippen molar-refractivity contribution in [2.75, 3.05) is 18.4 Å². The zero-order valence-electron chi connectivity index (χ0n) is 8.34. The van der Waals surface area contributed by atoms with Gasteiger partial charge in [-0.25, -0.2) is 4.79 Å². The predicted octanol–water partition coefficient (Wildman–Crippen LogP) is 0.664. The highest BCUT2D eigenvalue weighted by Gasteiger charge is 2.23. The van der Waals surface area contributed by atoms with Crippen molar-refractivity contribution in [1.29, 1.82) is 0 Å². The Labute approximate surface area is 91.0 Å². The van der Waals surface area contributed by atoms with Crippen LogP contribution in [-0.4, -0.2) is 29.1 Å². The molecule has 0 saturated carbocycles. The maximum absolute atomic E-state index is 10.9. The van der Waals surface area contributed by atoms with Gasteiger partial charge in [0.1, 0.15) is 0 Å². The summed E-state index contributed by atoms with van der Waals surface area (Å²) in [4.78, 5) is 20.9.